The fraction of sp³-hybridized carbons (Fsp3) is 0.438. The second-order valence-corrected chi connectivity index (χ2v) is 4.75. The molecule has 0 bridgehead atoms. The van der Waals surface area contributed by atoms with Gasteiger partial charge in [0.25, 0.3) is 5.09 Å². The first-order valence-corrected chi connectivity index (χ1v) is 7.27. The summed E-state index contributed by atoms with van der Waals surface area (Å²) in [6.07, 6.45) is 7.23. The maximum absolute atomic E-state index is 11.6. The molecule has 0 atom stereocenters. The molecule has 0 aliphatic rings. The Kier molecular flexibility index (Phi) is 8.33. The van der Waals surface area contributed by atoms with Crippen molar-refractivity contribution in [2.24, 2.45) is 0 Å². The highest BCUT2D eigenvalue weighted by Crippen LogP contribution is 2.08. The minimum absolute atomic E-state index is 0.0850. The number of carbonyl (C=O) groups is 1. The van der Waals surface area contributed by atoms with E-state index in [4.69, 9.17) is 4.74 Å². The van der Waals surface area contributed by atoms with Crippen LogP contribution in [-0.4, -0.2) is 11.1 Å². The summed E-state index contributed by atoms with van der Waals surface area (Å²) < 4.78 is 5.17. The largest absolute Gasteiger partial charge is 0.461 e. The molecule has 1 rings (SSSR count). The van der Waals surface area contributed by atoms with Crippen molar-refractivity contribution in [3.05, 3.63) is 57.7 Å². The Morgan fingerprint density at radius 3 is 2.41 bits per heavy atom. The van der Waals surface area contributed by atoms with Gasteiger partial charge in [0.05, 0.1) is 0 Å². The van der Waals surface area contributed by atoms with Crippen LogP contribution in [0.15, 0.2) is 36.4 Å². The number of carbonyl (C=O) groups excluding carboxylic acids is 1. The predicted octanol–water partition coefficient (Wildman–Crippen LogP) is 3.57. The van der Waals surface area contributed by atoms with E-state index in [-0.39, 0.29) is 19.2 Å². The van der Waals surface area contributed by atoms with Crippen LogP contribution in [0.5, 0.6) is 0 Å². The quantitative estimate of drug-likeness (QED) is 0.217. The zero-order valence-corrected chi connectivity index (χ0v) is 12.7. The second-order valence-electron chi connectivity index (χ2n) is 4.75. The van der Waals surface area contributed by atoms with Gasteiger partial charge in [-0.25, -0.2) is 0 Å². The number of unbranched alkanes of at least 4 members (excludes halogenated alkanes) is 1. The van der Waals surface area contributed by atoms with E-state index in [0.29, 0.717) is 12.0 Å². The number of nitrogens with zero attached hydrogens (tertiary/aromatic N) is 1. The van der Waals surface area contributed by atoms with E-state index >= 15 is 0 Å². The number of allylic oxidation sites excluding steroid dienone is 2. The van der Waals surface area contributed by atoms with E-state index in [9.17, 15) is 14.9 Å². The summed E-state index contributed by atoms with van der Waals surface area (Å²) in [6, 6.07) is 6.94. The molecule has 6 heteroatoms. The number of esters is 1. The lowest BCUT2D eigenvalue weighted by atomic mass is 10.1. The van der Waals surface area contributed by atoms with E-state index < -0.39 is 5.09 Å². The molecule has 0 unspecified atom stereocenters. The van der Waals surface area contributed by atoms with Gasteiger partial charge < -0.3 is 9.57 Å². The van der Waals surface area contributed by atoms with Crippen molar-refractivity contribution in [2.45, 2.75) is 45.8 Å². The predicted molar refractivity (Wildman–Crippen MR) is 81.3 cm³/mol. The van der Waals surface area contributed by atoms with Crippen LogP contribution in [0.25, 0.3) is 0 Å². The molecule has 0 radical (unpaired) electrons. The summed E-state index contributed by atoms with van der Waals surface area (Å²) in [4.78, 5) is 25.9. The highest BCUT2D eigenvalue weighted by molar-refractivity contribution is 5.69. The van der Waals surface area contributed by atoms with E-state index in [1.165, 1.54) is 0 Å². The Morgan fingerprint density at radius 1 is 1.18 bits per heavy atom. The summed E-state index contributed by atoms with van der Waals surface area (Å²) in [5, 5.41) is 9.26. The molecule has 6 nitrogen and oxygen atoms in total. The van der Waals surface area contributed by atoms with Crippen molar-refractivity contribution in [1.29, 1.82) is 0 Å². The smallest absolute Gasteiger partial charge is 0.306 e. The van der Waals surface area contributed by atoms with Crippen molar-refractivity contribution < 1.29 is 19.5 Å². The van der Waals surface area contributed by atoms with Crippen molar-refractivity contribution in [2.75, 3.05) is 0 Å². The second kappa shape index (κ2) is 10.4. The first-order chi connectivity index (χ1) is 10.6. The molecule has 0 aliphatic heterocycles. The monoisotopic (exact) mass is 307 g/mol. The molecule has 0 heterocycles. The first kappa shape index (κ1) is 17.7. The van der Waals surface area contributed by atoms with Gasteiger partial charge in [-0.1, -0.05) is 43.3 Å². The molecule has 0 aliphatic carbocycles. The normalized spacial score (nSPS) is 10.6. The SMILES string of the molecule is CC/C=C\CCCC(=O)OCc1ccc(CO[N+](=O)[O-])cc1. The number of benzene rings is 1. The lowest BCUT2D eigenvalue weighted by Gasteiger charge is -2.06. The fourth-order valence-electron chi connectivity index (χ4n) is 1.74. The third kappa shape index (κ3) is 8.04. The van der Waals surface area contributed by atoms with E-state index in [1.807, 2.05) is 0 Å². The van der Waals surface area contributed by atoms with Gasteiger partial charge in [-0.15, -0.1) is 10.1 Å². The fourth-order valence-corrected chi connectivity index (χ4v) is 1.74. The maximum Gasteiger partial charge on any atom is 0.306 e. The molecule has 0 aromatic heterocycles. The highest BCUT2D eigenvalue weighted by atomic mass is 16.9. The third-order valence-corrected chi connectivity index (χ3v) is 2.91. The van der Waals surface area contributed by atoms with Gasteiger partial charge in [0.2, 0.25) is 0 Å². The highest BCUT2D eigenvalue weighted by Gasteiger charge is 2.03. The third-order valence-electron chi connectivity index (χ3n) is 2.91. The molecule has 0 N–H and O–H groups in total. The lowest BCUT2D eigenvalue weighted by molar-refractivity contribution is -0.763. The zero-order chi connectivity index (χ0) is 16.2. The Labute approximate surface area is 129 Å². The Hall–Kier alpha value is -2.37. The van der Waals surface area contributed by atoms with Crippen LogP contribution >= 0.6 is 0 Å². The van der Waals surface area contributed by atoms with Gasteiger partial charge in [-0.3, -0.25) is 4.79 Å². The molecule has 1 aromatic carbocycles. The van der Waals surface area contributed by atoms with Crippen LogP contribution in [0.2, 0.25) is 0 Å². The molecule has 1 aromatic rings. The van der Waals surface area contributed by atoms with Gasteiger partial charge in [0.15, 0.2) is 0 Å². The Morgan fingerprint density at radius 2 is 1.82 bits per heavy atom. The summed E-state index contributed by atoms with van der Waals surface area (Å²) in [6.45, 7) is 2.19. The number of hydrogen-bond acceptors (Lipinski definition) is 5. The van der Waals surface area contributed by atoms with Crippen molar-refractivity contribution in [3.63, 3.8) is 0 Å². The molecule has 22 heavy (non-hydrogen) atoms. The van der Waals surface area contributed by atoms with Crippen LogP contribution in [0.1, 0.15) is 43.7 Å². The zero-order valence-electron chi connectivity index (χ0n) is 12.7. The topological polar surface area (TPSA) is 78.7 Å². The van der Waals surface area contributed by atoms with E-state index in [1.54, 1.807) is 24.3 Å². The van der Waals surface area contributed by atoms with E-state index in [2.05, 4.69) is 23.9 Å². The Bertz CT molecular complexity index is 496. The number of rotatable bonds is 10. The van der Waals surface area contributed by atoms with Crippen LogP contribution < -0.4 is 0 Å². The van der Waals surface area contributed by atoms with Crippen molar-refractivity contribution in [3.8, 4) is 0 Å². The summed E-state index contributed by atoms with van der Waals surface area (Å²) in [5.74, 6) is -0.217. The average Bonchev–Trinajstić information content (AvgIpc) is 2.51. The van der Waals surface area contributed by atoms with Crippen molar-refractivity contribution >= 4 is 5.97 Å². The van der Waals surface area contributed by atoms with Crippen LogP contribution in [0.3, 0.4) is 0 Å². The molecule has 0 spiro atoms. The minimum atomic E-state index is -0.828. The molecule has 0 fully saturated rings. The summed E-state index contributed by atoms with van der Waals surface area (Å²) in [5.41, 5.74) is 1.53. The van der Waals surface area contributed by atoms with Gasteiger partial charge in [-0.2, -0.15) is 0 Å². The lowest BCUT2D eigenvalue weighted by Crippen LogP contribution is -2.04. The van der Waals surface area contributed by atoms with Crippen LogP contribution in [0, 0.1) is 10.1 Å². The average molecular weight is 307 g/mol. The standard InChI is InChI=1S/C16H21NO5/c1-2-3-4-5-6-7-16(18)21-12-14-8-10-15(11-9-14)13-22-17(19)20/h3-4,8-11H,2,5-7,12-13H2,1H3/b4-3-. The molecule has 120 valence electrons. The van der Waals surface area contributed by atoms with E-state index in [0.717, 1.165) is 24.8 Å². The maximum atomic E-state index is 11.6. The molecular formula is C16H21NO5. The summed E-state index contributed by atoms with van der Waals surface area (Å²) in [7, 11) is 0. The van der Waals surface area contributed by atoms with Crippen LogP contribution in [-0.2, 0) is 27.6 Å². The molecule has 0 saturated carbocycles. The van der Waals surface area contributed by atoms with Gasteiger partial charge in [0, 0.05) is 6.42 Å². The van der Waals surface area contributed by atoms with Gasteiger partial charge in [0.1, 0.15) is 13.2 Å². The minimum Gasteiger partial charge on any atom is -0.461 e. The molecule has 0 amide bonds. The van der Waals surface area contributed by atoms with Gasteiger partial charge >= 0.3 is 5.97 Å². The molecular weight excluding hydrogens is 286 g/mol. The van der Waals surface area contributed by atoms with Crippen molar-refractivity contribution in [1.82, 2.24) is 0 Å². The number of ether oxygens (including phenoxy) is 1. The Balaban J connectivity index is 2.25. The van der Waals surface area contributed by atoms with Gasteiger partial charge in [-0.05, 0) is 30.4 Å². The first-order valence-electron chi connectivity index (χ1n) is 7.27. The van der Waals surface area contributed by atoms with Crippen LogP contribution in [0.4, 0.5) is 0 Å². The number of hydrogen-bond donors (Lipinski definition) is 0. The molecule has 0 saturated heterocycles. The summed E-state index contributed by atoms with van der Waals surface area (Å²) >= 11 is 0.